The second-order valence-corrected chi connectivity index (χ2v) is 15.4. The van der Waals surface area contributed by atoms with Crippen LogP contribution in [0.3, 0.4) is 0 Å². The van der Waals surface area contributed by atoms with Crippen LogP contribution in [-0.4, -0.2) is 94.5 Å². The lowest BCUT2D eigenvalue weighted by molar-refractivity contribution is -0.924. The minimum Gasteiger partial charge on any atom is -1.00 e. The van der Waals surface area contributed by atoms with Crippen molar-refractivity contribution in [3.63, 3.8) is 0 Å². The fraction of sp³-hybridized carbons (Fsp3) is 0.947. The Morgan fingerprint density at radius 1 is 0.364 bits per heavy atom. The first-order chi connectivity index (χ1) is 19.6. The smallest absolute Gasteiger partial charge is 0.0969 e. The molecule has 0 heterocycles. The molecule has 0 atom stereocenters. The van der Waals surface area contributed by atoms with Crippen LogP contribution in [0.15, 0.2) is 12.7 Å². The summed E-state index contributed by atoms with van der Waals surface area (Å²) in [6.45, 7) is 17.7. The van der Waals surface area contributed by atoms with Crippen LogP contribution in [0.5, 0.6) is 0 Å². The van der Waals surface area contributed by atoms with Crippen LogP contribution in [0.4, 0.5) is 0 Å². The highest BCUT2D eigenvalue weighted by atomic mass is 79.9. The van der Waals surface area contributed by atoms with Gasteiger partial charge >= 0.3 is 0 Å². The van der Waals surface area contributed by atoms with Crippen molar-refractivity contribution in [2.24, 2.45) is 0 Å². The Morgan fingerprint density at radius 3 is 0.886 bits per heavy atom. The van der Waals surface area contributed by atoms with E-state index >= 15 is 0 Å². The lowest BCUT2D eigenvalue weighted by Crippen LogP contribution is -3.00. The molecule has 3 nitrogen and oxygen atoms in total. The third-order valence-electron chi connectivity index (χ3n) is 9.73. The predicted molar refractivity (Wildman–Crippen MR) is 188 cm³/mol. The number of halogens is 3. The van der Waals surface area contributed by atoms with Crippen molar-refractivity contribution in [1.82, 2.24) is 0 Å². The molecule has 0 aliphatic heterocycles. The molecule has 0 rings (SSSR count). The summed E-state index contributed by atoms with van der Waals surface area (Å²) in [5.41, 5.74) is 0. The molecule has 6 heteroatoms. The summed E-state index contributed by atoms with van der Waals surface area (Å²) in [6.07, 6.45) is 33.4. The van der Waals surface area contributed by atoms with Crippen molar-refractivity contribution in [3.8, 4) is 0 Å². The average Bonchev–Trinajstić information content (AvgIpc) is 2.90. The molecule has 0 spiro atoms. The molecule has 0 N–H and O–H groups in total. The molecule has 0 fully saturated rings. The van der Waals surface area contributed by atoms with Crippen LogP contribution in [0.2, 0.25) is 0 Å². The first-order valence-electron chi connectivity index (χ1n) is 18.7. The summed E-state index contributed by atoms with van der Waals surface area (Å²) >= 11 is 0. The quantitative estimate of drug-likeness (QED) is 0.0548. The largest absolute Gasteiger partial charge is 1.00 e. The van der Waals surface area contributed by atoms with Gasteiger partial charge in [-0.05, 0) is 31.8 Å². The topological polar surface area (TPSA) is 0 Å². The molecule has 0 aromatic carbocycles. The van der Waals surface area contributed by atoms with Gasteiger partial charge in [-0.2, -0.15) is 0 Å². The van der Waals surface area contributed by atoms with E-state index in [1.807, 2.05) is 0 Å². The number of quaternary nitrogens is 3. The SMILES string of the molecule is C=CC[N+](C)(CCC[N+](C)(C)CCCCCCCCCCCC)CCC[N+](C)(C)CCCCCCCCCCCC.[Br-].[Br-].[Br-]. The molecule has 0 saturated heterocycles. The van der Waals surface area contributed by atoms with E-state index in [2.05, 4.69) is 61.7 Å². The Kier molecular flexibility index (Phi) is 40.0. The van der Waals surface area contributed by atoms with Gasteiger partial charge in [0.25, 0.3) is 0 Å². The van der Waals surface area contributed by atoms with Crippen LogP contribution < -0.4 is 50.9 Å². The summed E-state index contributed by atoms with van der Waals surface area (Å²) in [4.78, 5) is 0. The highest BCUT2D eigenvalue weighted by Crippen LogP contribution is 2.15. The van der Waals surface area contributed by atoms with Crippen LogP contribution in [0, 0.1) is 0 Å². The molecule has 0 unspecified atom stereocenters. The van der Waals surface area contributed by atoms with E-state index in [-0.39, 0.29) is 50.9 Å². The summed E-state index contributed by atoms with van der Waals surface area (Å²) in [7, 11) is 12.3. The molecule has 270 valence electrons. The molecule has 0 aromatic heterocycles. The van der Waals surface area contributed by atoms with Gasteiger partial charge in [0.05, 0.1) is 81.1 Å². The molecule has 0 amide bonds. The van der Waals surface area contributed by atoms with Crippen molar-refractivity contribution in [1.29, 1.82) is 0 Å². The number of hydrogen-bond acceptors (Lipinski definition) is 0. The number of hydrogen-bond donors (Lipinski definition) is 0. The van der Waals surface area contributed by atoms with E-state index in [1.165, 1.54) is 194 Å². The summed E-state index contributed by atoms with van der Waals surface area (Å²) in [6, 6.07) is 0. The van der Waals surface area contributed by atoms with E-state index < -0.39 is 0 Å². The number of rotatable bonds is 32. The summed E-state index contributed by atoms with van der Waals surface area (Å²) in [5.74, 6) is 0. The van der Waals surface area contributed by atoms with Crippen molar-refractivity contribution >= 4 is 0 Å². The zero-order valence-electron chi connectivity index (χ0n) is 31.3. The number of nitrogens with zero attached hydrogens (tertiary/aromatic N) is 3. The first kappa shape index (κ1) is 51.9. The zero-order valence-corrected chi connectivity index (χ0v) is 36.0. The van der Waals surface area contributed by atoms with Gasteiger partial charge in [0.1, 0.15) is 0 Å². The fourth-order valence-electron chi connectivity index (χ4n) is 6.65. The fourth-order valence-corrected chi connectivity index (χ4v) is 6.65. The van der Waals surface area contributed by atoms with Gasteiger partial charge in [0, 0.05) is 12.8 Å². The maximum atomic E-state index is 4.11. The van der Waals surface area contributed by atoms with E-state index in [0.29, 0.717) is 0 Å². The Morgan fingerprint density at radius 2 is 0.614 bits per heavy atom. The van der Waals surface area contributed by atoms with Gasteiger partial charge < -0.3 is 64.4 Å². The Labute approximate surface area is 311 Å². The molecule has 0 radical (unpaired) electrons. The van der Waals surface area contributed by atoms with E-state index in [1.54, 1.807) is 0 Å². The molecule has 0 aliphatic carbocycles. The van der Waals surface area contributed by atoms with Crippen molar-refractivity contribution in [2.45, 2.75) is 155 Å². The Bertz CT molecular complexity index is 542. The second-order valence-electron chi connectivity index (χ2n) is 15.4. The summed E-state index contributed by atoms with van der Waals surface area (Å²) in [5, 5.41) is 0. The minimum absolute atomic E-state index is 0. The number of likely N-dealkylation sites (N-methyl/N-ethyl adjacent to an activating group) is 1. The third-order valence-corrected chi connectivity index (χ3v) is 9.73. The standard InChI is InChI=1S/C38H82N3.3BrH/c1-9-12-14-16-18-20-22-24-26-28-33-39(4,5)35-30-37-41(8,32-11-3)38-31-36-40(6,7)34-29-27-25-23-21-19-17-15-13-10-2;;;/h11H,3,9-10,12-38H2,1-2,4-8H3;3*1H/q+3;;;/p-3. The Hall–Kier alpha value is 1.06. The monoisotopic (exact) mass is 817 g/mol. The highest BCUT2D eigenvalue weighted by Gasteiger charge is 2.24. The lowest BCUT2D eigenvalue weighted by atomic mass is 10.1. The van der Waals surface area contributed by atoms with Gasteiger partial charge in [-0.25, -0.2) is 0 Å². The van der Waals surface area contributed by atoms with E-state index in [0.717, 1.165) is 6.54 Å². The molecule has 0 bridgehead atoms. The van der Waals surface area contributed by atoms with E-state index in [9.17, 15) is 0 Å². The predicted octanol–water partition coefficient (Wildman–Crippen LogP) is 1.41. The molecule has 0 aliphatic rings. The lowest BCUT2D eigenvalue weighted by Gasteiger charge is -2.37. The van der Waals surface area contributed by atoms with Crippen LogP contribution >= 0.6 is 0 Å². The Balaban J connectivity index is -0.00000267. The maximum absolute atomic E-state index is 4.11. The van der Waals surface area contributed by atoms with Gasteiger partial charge in [-0.1, -0.05) is 123 Å². The second kappa shape index (κ2) is 33.9. The highest BCUT2D eigenvalue weighted by molar-refractivity contribution is 4.65. The normalized spacial score (nSPS) is 11.9. The number of unbranched alkanes of at least 4 members (excludes halogenated alkanes) is 18. The molecule has 0 aromatic rings. The van der Waals surface area contributed by atoms with Crippen LogP contribution in [0.1, 0.15) is 155 Å². The molecular formula is C38H82Br3N3. The van der Waals surface area contributed by atoms with Crippen LogP contribution in [0.25, 0.3) is 0 Å². The van der Waals surface area contributed by atoms with Crippen LogP contribution in [-0.2, 0) is 0 Å². The molecule has 0 saturated carbocycles. The average molecular weight is 821 g/mol. The van der Waals surface area contributed by atoms with Crippen molar-refractivity contribution in [3.05, 3.63) is 12.7 Å². The molecule has 44 heavy (non-hydrogen) atoms. The van der Waals surface area contributed by atoms with Gasteiger partial charge in [-0.15, -0.1) is 0 Å². The van der Waals surface area contributed by atoms with Gasteiger partial charge in [-0.3, -0.25) is 0 Å². The van der Waals surface area contributed by atoms with Crippen molar-refractivity contribution < 1.29 is 64.4 Å². The maximum Gasteiger partial charge on any atom is 0.0969 e. The first-order valence-corrected chi connectivity index (χ1v) is 18.7. The van der Waals surface area contributed by atoms with Crippen molar-refractivity contribution in [2.75, 3.05) is 81.1 Å². The summed E-state index contributed by atoms with van der Waals surface area (Å²) < 4.78 is 3.54. The zero-order chi connectivity index (χ0) is 30.7. The third kappa shape index (κ3) is 34.4. The minimum atomic E-state index is 0. The van der Waals surface area contributed by atoms with Gasteiger partial charge in [0.2, 0.25) is 0 Å². The van der Waals surface area contributed by atoms with Gasteiger partial charge in [0.15, 0.2) is 0 Å². The molecular weight excluding hydrogens is 738 g/mol. The van der Waals surface area contributed by atoms with E-state index in [4.69, 9.17) is 0 Å².